The van der Waals surface area contributed by atoms with E-state index >= 15 is 0 Å². The molecule has 4 aromatic rings. The molecule has 0 saturated carbocycles. The number of hydrogen-bond donors (Lipinski definition) is 3. The van der Waals surface area contributed by atoms with Gasteiger partial charge in [0.2, 0.25) is 5.91 Å². The Morgan fingerprint density at radius 2 is 1.75 bits per heavy atom. The van der Waals surface area contributed by atoms with E-state index in [0.717, 1.165) is 11.3 Å². The van der Waals surface area contributed by atoms with Crippen LogP contribution in [-0.4, -0.2) is 38.5 Å². The molecule has 180 valence electrons. The molecule has 3 heterocycles. The Morgan fingerprint density at radius 3 is 2.44 bits per heavy atom. The van der Waals surface area contributed by atoms with Gasteiger partial charge in [-0.2, -0.15) is 0 Å². The zero-order valence-electron chi connectivity index (χ0n) is 19.0. The average molecular weight is 499 g/mol. The molecule has 0 unspecified atom stereocenters. The molecular formula is C27H22N4O4S. The average Bonchev–Trinajstić information content (AvgIpc) is 3.50. The van der Waals surface area contributed by atoms with Crippen molar-refractivity contribution in [3.05, 3.63) is 108 Å². The number of para-hydroxylation sites is 1. The summed E-state index contributed by atoms with van der Waals surface area (Å²) in [7, 11) is 0. The molecule has 0 aliphatic carbocycles. The Labute approximate surface area is 212 Å². The summed E-state index contributed by atoms with van der Waals surface area (Å²) in [5, 5.41) is 15.8. The SMILES string of the molecule is O=C(CN1C(=S)N[C@H](c2ccccn2)[C@H]1c1ccc(-c2ccc(C(=O)O)cc2)o1)Nc1ccccc1. The number of amides is 1. The van der Waals surface area contributed by atoms with Crippen molar-refractivity contribution in [2.24, 2.45) is 0 Å². The van der Waals surface area contributed by atoms with E-state index in [2.05, 4.69) is 15.6 Å². The van der Waals surface area contributed by atoms with Crippen molar-refractivity contribution in [2.75, 3.05) is 11.9 Å². The van der Waals surface area contributed by atoms with E-state index < -0.39 is 12.0 Å². The number of aromatic nitrogens is 1. The number of carbonyl (C=O) groups is 2. The van der Waals surface area contributed by atoms with Gasteiger partial charge in [0.1, 0.15) is 24.1 Å². The van der Waals surface area contributed by atoms with E-state index in [4.69, 9.17) is 21.7 Å². The number of carboxylic acid groups (broad SMARTS) is 1. The standard InChI is InChI=1S/C27H22N4O4S/c32-23(29-19-6-2-1-3-7-19)16-31-25(24(30-27(31)36)20-8-4-5-15-28-20)22-14-13-21(35-22)17-9-11-18(12-10-17)26(33)34/h1-15,24-25H,16H2,(H,29,32)(H,30,36)(H,33,34)/t24-,25-/m1/s1. The molecule has 9 heteroatoms. The van der Waals surface area contributed by atoms with Gasteiger partial charge in [-0.1, -0.05) is 36.4 Å². The van der Waals surface area contributed by atoms with E-state index in [1.165, 1.54) is 12.1 Å². The predicted molar refractivity (Wildman–Crippen MR) is 138 cm³/mol. The Kier molecular flexibility index (Phi) is 6.46. The van der Waals surface area contributed by atoms with Gasteiger partial charge in [-0.05, 0) is 60.7 Å². The summed E-state index contributed by atoms with van der Waals surface area (Å²) < 4.78 is 6.24. The van der Waals surface area contributed by atoms with Gasteiger partial charge in [-0.15, -0.1) is 0 Å². The van der Waals surface area contributed by atoms with Crippen LogP contribution < -0.4 is 10.6 Å². The molecule has 0 bridgehead atoms. The number of aromatic carboxylic acids is 1. The molecule has 36 heavy (non-hydrogen) atoms. The van der Waals surface area contributed by atoms with Crippen molar-refractivity contribution in [2.45, 2.75) is 12.1 Å². The second-order valence-corrected chi connectivity index (χ2v) is 8.64. The van der Waals surface area contributed by atoms with E-state index in [1.807, 2.05) is 60.7 Å². The third-order valence-electron chi connectivity index (χ3n) is 5.90. The van der Waals surface area contributed by atoms with Gasteiger partial charge >= 0.3 is 5.97 Å². The fourth-order valence-corrected chi connectivity index (χ4v) is 4.51. The number of carboxylic acids is 1. The van der Waals surface area contributed by atoms with Crippen molar-refractivity contribution < 1.29 is 19.1 Å². The van der Waals surface area contributed by atoms with Crippen LogP contribution in [0.5, 0.6) is 0 Å². The molecule has 1 fully saturated rings. The molecular weight excluding hydrogens is 476 g/mol. The predicted octanol–water partition coefficient (Wildman–Crippen LogP) is 4.65. The van der Waals surface area contributed by atoms with Crippen LogP contribution in [0, 0.1) is 0 Å². The van der Waals surface area contributed by atoms with Crippen LogP contribution in [0.15, 0.2) is 95.5 Å². The molecule has 0 spiro atoms. The minimum absolute atomic E-state index is 0.0120. The maximum Gasteiger partial charge on any atom is 0.335 e. The number of thiocarbonyl (C=S) groups is 1. The van der Waals surface area contributed by atoms with E-state index in [0.29, 0.717) is 22.3 Å². The summed E-state index contributed by atoms with van der Waals surface area (Å²) in [6.07, 6.45) is 1.71. The summed E-state index contributed by atoms with van der Waals surface area (Å²) in [6.45, 7) is 0.0120. The highest BCUT2D eigenvalue weighted by Crippen LogP contribution is 2.40. The van der Waals surface area contributed by atoms with Gasteiger partial charge in [-0.3, -0.25) is 9.78 Å². The molecule has 1 aliphatic rings. The number of rotatable bonds is 7. The normalized spacial score (nSPS) is 17.0. The van der Waals surface area contributed by atoms with Crippen LogP contribution in [0.4, 0.5) is 5.69 Å². The van der Waals surface area contributed by atoms with Crippen molar-refractivity contribution in [3.63, 3.8) is 0 Å². The van der Waals surface area contributed by atoms with Gasteiger partial charge in [0.05, 0.1) is 17.3 Å². The number of furan rings is 1. The highest BCUT2D eigenvalue weighted by atomic mass is 32.1. The van der Waals surface area contributed by atoms with E-state index in [-0.39, 0.29) is 24.1 Å². The quantitative estimate of drug-likeness (QED) is 0.316. The number of benzene rings is 2. The first kappa shape index (κ1) is 23.3. The summed E-state index contributed by atoms with van der Waals surface area (Å²) in [6, 6.07) is 24.2. The van der Waals surface area contributed by atoms with Crippen LogP contribution in [0.25, 0.3) is 11.3 Å². The lowest BCUT2D eigenvalue weighted by molar-refractivity contribution is -0.116. The zero-order chi connectivity index (χ0) is 25.1. The minimum Gasteiger partial charge on any atom is -0.478 e. The topological polar surface area (TPSA) is 108 Å². The number of anilines is 1. The van der Waals surface area contributed by atoms with Crippen LogP contribution in [0.3, 0.4) is 0 Å². The van der Waals surface area contributed by atoms with E-state index in [9.17, 15) is 9.59 Å². The summed E-state index contributed by atoms with van der Waals surface area (Å²) in [5.41, 5.74) is 2.40. The Hall–Kier alpha value is -4.50. The molecule has 0 radical (unpaired) electrons. The second kappa shape index (κ2) is 10.0. The highest BCUT2D eigenvalue weighted by molar-refractivity contribution is 7.80. The van der Waals surface area contributed by atoms with Crippen LogP contribution in [0.1, 0.15) is 33.9 Å². The lowest BCUT2D eigenvalue weighted by Gasteiger charge is -2.25. The molecule has 2 aromatic carbocycles. The second-order valence-electron chi connectivity index (χ2n) is 8.25. The van der Waals surface area contributed by atoms with Crippen molar-refractivity contribution in [1.29, 1.82) is 0 Å². The van der Waals surface area contributed by atoms with Gasteiger partial charge in [0.15, 0.2) is 5.11 Å². The lowest BCUT2D eigenvalue weighted by Crippen LogP contribution is -2.36. The monoisotopic (exact) mass is 498 g/mol. The first-order valence-corrected chi connectivity index (χ1v) is 11.7. The number of carbonyl (C=O) groups excluding carboxylic acids is 1. The number of hydrogen-bond acceptors (Lipinski definition) is 5. The number of nitrogens with zero attached hydrogens (tertiary/aromatic N) is 2. The fourth-order valence-electron chi connectivity index (χ4n) is 4.21. The maximum atomic E-state index is 12.9. The first-order chi connectivity index (χ1) is 17.5. The smallest absolute Gasteiger partial charge is 0.335 e. The summed E-state index contributed by atoms with van der Waals surface area (Å²) in [5.74, 6) is -0.0287. The molecule has 1 aliphatic heterocycles. The molecule has 1 saturated heterocycles. The molecule has 5 rings (SSSR count). The minimum atomic E-state index is -0.991. The molecule has 3 N–H and O–H groups in total. The Balaban J connectivity index is 1.45. The van der Waals surface area contributed by atoms with Gasteiger partial charge in [-0.25, -0.2) is 4.79 Å². The maximum absolute atomic E-state index is 12.9. The van der Waals surface area contributed by atoms with Crippen LogP contribution in [0.2, 0.25) is 0 Å². The fraction of sp³-hybridized carbons (Fsp3) is 0.111. The lowest BCUT2D eigenvalue weighted by atomic mass is 10.0. The summed E-state index contributed by atoms with van der Waals surface area (Å²) in [4.78, 5) is 30.4. The Morgan fingerprint density at radius 1 is 1.00 bits per heavy atom. The van der Waals surface area contributed by atoms with Crippen molar-refractivity contribution in [3.8, 4) is 11.3 Å². The molecule has 2 atom stereocenters. The highest BCUT2D eigenvalue weighted by Gasteiger charge is 2.42. The Bertz CT molecular complexity index is 1390. The molecule has 2 aromatic heterocycles. The third kappa shape index (κ3) is 4.82. The first-order valence-electron chi connectivity index (χ1n) is 11.3. The van der Waals surface area contributed by atoms with Crippen molar-refractivity contribution in [1.82, 2.24) is 15.2 Å². The third-order valence-corrected chi connectivity index (χ3v) is 6.26. The van der Waals surface area contributed by atoms with Crippen LogP contribution >= 0.6 is 12.2 Å². The van der Waals surface area contributed by atoms with E-state index in [1.54, 1.807) is 23.2 Å². The van der Waals surface area contributed by atoms with Crippen LogP contribution in [-0.2, 0) is 4.79 Å². The molecule has 1 amide bonds. The van der Waals surface area contributed by atoms with Crippen molar-refractivity contribution >= 4 is 34.9 Å². The summed E-state index contributed by atoms with van der Waals surface area (Å²) >= 11 is 5.63. The van der Waals surface area contributed by atoms with Gasteiger partial charge in [0.25, 0.3) is 0 Å². The number of pyridine rings is 1. The van der Waals surface area contributed by atoms with Gasteiger partial charge < -0.3 is 25.1 Å². The number of nitrogens with one attached hydrogen (secondary N) is 2. The largest absolute Gasteiger partial charge is 0.478 e. The van der Waals surface area contributed by atoms with Gasteiger partial charge in [0, 0.05) is 17.4 Å². The molecule has 8 nitrogen and oxygen atoms in total. The zero-order valence-corrected chi connectivity index (χ0v) is 19.8.